The van der Waals surface area contributed by atoms with Crippen molar-refractivity contribution in [1.29, 1.82) is 0 Å². The lowest BCUT2D eigenvalue weighted by Gasteiger charge is -2.25. The number of ether oxygens (including phenoxy) is 1. The summed E-state index contributed by atoms with van der Waals surface area (Å²) in [4.78, 5) is 15.5. The molecule has 0 radical (unpaired) electrons. The van der Waals surface area contributed by atoms with E-state index in [0.29, 0.717) is 24.8 Å². The summed E-state index contributed by atoms with van der Waals surface area (Å²) < 4.78 is 6.43. The third kappa shape index (κ3) is 2.74. The Balaban J connectivity index is 1.85. The first-order valence-corrected chi connectivity index (χ1v) is 7.86. The van der Waals surface area contributed by atoms with Crippen molar-refractivity contribution in [2.24, 2.45) is 0 Å². The summed E-state index contributed by atoms with van der Waals surface area (Å²) in [6.45, 7) is 5.58. The van der Waals surface area contributed by atoms with Gasteiger partial charge in [0.1, 0.15) is 0 Å². The lowest BCUT2D eigenvalue weighted by Crippen LogP contribution is -2.39. The van der Waals surface area contributed by atoms with Crippen LogP contribution < -0.4 is 0 Å². The maximum Gasteiger partial charge on any atom is 0.187 e. The van der Waals surface area contributed by atoms with Crippen molar-refractivity contribution in [2.75, 3.05) is 32.8 Å². The molecule has 0 amide bonds. The number of rotatable bonds is 3. The number of Topliss-reactive ketones (excluding diaryl/α,β-unsaturated/α-hetero) is 1. The third-order valence-electron chi connectivity index (χ3n) is 3.62. The van der Waals surface area contributed by atoms with E-state index in [1.165, 1.54) is 0 Å². The minimum absolute atomic E-state index is 0.196. The van der Waals surface area contributed by atoms with Crippen LogP contribution in [0.3, 0.4) is 0 Å². The molecule has 5 heteroatoms. The van der Waals surface area contributed by atoms with Gasteiger partial charge in [0.2, 0.25) is 0 Å². The largest absolute Gasteiger partial charge is 0.379 e. The molecule has 0 unspecified atom stereocenters. The minimum Gasteiger partial charge on any atom is -0.379 e. The van der Waals surface area contributed by atoms with E-state index in [4.69, 9.17) is 16.3 Å². The number of ketones is 1. The van der Waals surface area contributed by atoms with Crippen LogP contribution in [0.25, 0.3) is 10.1 Å². The van der Waals surface area contributed by atoms with Crippen LogP contribution in [0.5, 0.6) is 0 Å². The van der Waals surface area contributed by atoms with Crippen molar-refractivity contribution in [3.63, 3.8) is 0 Å². The number of benzene rings is 1. The van der Waals surface area contributed by atoms with Crippen LogP contribution in [0.1, 0.15) is 15.2 Å². The summed E-state index contributed by atoms with van der Waals surface area (Å²) >= 11 is 7.60. The minimum atomic E-state index is 0.196. The summed E-state index contributed by atoms with van der Waals surface area (Å²) in [7, 11) is 0. The predicted molar refractivity (Wildman–Crippen MR) is 83.2 cm³/mol. The molecule has 1 fully saturated rings. The Labute approximate surface area is 127 Å². The molecule has 0 saturated carbocycles. The molecule has 20 heavy (non-hydrogen) atoms. The number of thiophene rings is 1. The van der Waals surface area contributed by atoms with E-state index < -0.39 is 0 Å². The number of aryl methyl sites for hydroxylation is 1. The Morgan fingerprint density at radius 3 is 2.90 bits per heavy atom. The Morgan fingerprint density at radius 2 is 2.15 bits per heavy atom. The van der Waals surface area contributed by atoms with E-state index >= 15 is 0 Å². The number of nitrogens with zero attached hydrogens (tertiary/aromatic N) is 1. The monoisotopic (exact) mass is 309 g/mol. The fraction of sp³-hybridized carbons (Fsp3) is 0.400. The van der Waals surface area contributed by atoms with Gasteiger partial charge in [-0.3, -0.25) is 9.69 Å². The van der Waals surface area contributed by atoms with E-state index in [9.17, 15) is 4.79 Å². The zero-order valence-corrected chi connectivity index (χ0v) is 12.9. The first kappa shape index (κ1) is 14.0. The van der Waals surface area contributed by atoms with Gasteiger partial charge in [-0.15, -0.1) is 11.3 Å². The molecule has 0 atom stereocenters. The molecule has 0 aliphatic carbocycles. The Morgan fingerprint density at radius 1 is 1.40 bits per heavy atom. The Hall–Kier alpha value is -0.940. The van der Waals surface area contributed by atoms with Crippen LogP contribution in [0.15, 0.2) is 18.2 Å². The maximum absolute atomic E-state index is 12.5. The normalized spacial score (nSPS) is 16.7. The van der Waals surface area contributed by atoms with Gasteiger partial charge in [-0.2, -0.15) is 0 Å². The highest BCUT2D eigenvalue weighted by molar-refractivity contribution is 7.21. The van der Waals surface area contributed by atoms with E-state index in [1.807, 2.05) is 25.1 Å². The number of carbonyl (C=O) groups excluding carboxylic acids is 1. The molecule has 2 heterocycles. The van der Waals surface area contributed by atoms with Gasteiger partial charge in [0, 0.05) is 22.8 Å². The van der Waals surface area contributed by atoms with E-state index in [2.05, 4.69) is 4.90 Å². The highest BCUT2D eigenvalue weighted by Crippen LogP contribution is 2.33. The van der Waals surface area contributed by atoms with Crippen LogP contribution in [0.4, 0.5) is 0 Å². The summed E-state index contributed by atoms with van der Waals surface area (Å²) in [6.07, 6.45) is 0. The highest BCUT2D eigenvalue weighted by atomic mass is 35.5. The second-order valence-electron chi connectivity index (χ2n) is 5.01. The molecule has 3 nitrogen and oxygen atoms in total. The van der Waals surface area contributed by atoms with Crippen molar-refractivity contribution >= 4 is 38.8 Å². The van der Waals surface area contributed by atoms with Gasteiger partial charge < -0.3 is 4.74 Å². The second kappa shape index (κ2) is 5.82. The molecule has 3 rings (SSSR count). The highest BCUT2D eigenvalue weighted by Gasteiger charge is 2.19. The molecule has 106 valence electrons. The van der Waals surface area contributed by atoms with Gasteiger partial charge in [-0.05, 0) is 36.1 Å². The predicted octanol–water partition coefficient (Wildman–Crippen LogP) is 3.38. The average molecular weight is 310 g/mol. The van der Waals surface area contributed by atoms with Crippen LogP contribution in [-0.2, 0) is 4.74 Å². The molecule has 0 N–H and O–H groups in total. The fourth-order valence-corrected chi connectivity index (χ4v) is 3.78. The van der Waals surface area contributed by atoms with Gasteiger partial charge >= 0.3 is 0 Å². The standard InChI is InChI=1S/C15H16ClNO2S/c1-10-12-8-11(16)2-3-14(12)20-15(10)13(18)9-17-4-6-19-7-5-17/h2-3,8H,4-7,9H2,1H3. The van der Waals surface area contributed by atoms with E-state index in [1.54, 1.807) is 11.3 Å². The lowest BCUT2D eigenvalue weighted by molar-refractivity contribution is 0.0372. The van der Waals surface area contributed by atoms with Crippen molar-refractivity contribution in [3.8, 4) is 0 Å². The van der Waals surface area contributed by atoms with Crippen molar-refractivity contribution in [2.45, 2.75) is 6.92 Å². The first-order valence-electron chi connectivity index (χ1n) is 6.67. The lowest BCUT2D eigenvalue weighted by atomic mass is 10.1. The number of hydrogen-bond acceptors (Lipinski definition) is 4. The van der Waals surface area contributed by atoms with Crippen LogP contribution in [0.2, 0.25) is 5.02 Å². The maximum atomic E-state index is 12.5. The molecule has 2 aromatic rings. The first-order chi connectivity index (χ1) is 9.65. The molecular weight excluding hydrogens is 294 g/mol. The van der Waals surface area contributed by atoms with Gasteiger partial charge in [0.25, 0.3) is 0 Å². The summed E-state index contributed by atoms with van der Waals surface area (Å²) in [5, 5.41) is 1.80. The number of hydrogen-bond donors (Lipinski definition) is 0. The second-order valence-corrected chi connectivity index (χ2v) is 6.50. The zero-order valence-electron chi connectivity index (χ0n) is 11.3. The molecule has 1 aliphatic heterocycles. The zero-order chi connectivity index (χ0) is 14.1. The average Bonchev–Trinajstić information content (AvgIpc) is 2.77. The Kier molecular flexibility index (Phi) is 4.08. The third-order valence-corrected chi connectivity index (χ3v) is 5.17. The Bertz CT molecular complexity index is 647. The molecule has 1 aromatic carbocycles. The van der Waals surface area contributed by atoms with Crippen molar-refractivity contribution in [3.05, 3.63) is 33.7 Å². The van der Waals surface area contributed by atoms with Crippen molar-refractivity contribution in [1.82, 2.24) is 4.90 Å². The molecule has 0 bridgehead atoms. The van der Waals surface area contributed by atoms with Crippen LogP contribution in [0, 0.1) is 6.92 Å². The molecule has 1 aromatic heterocycles. The van der Waals surface area contributed by atoms with Crippen LogP contribution >= 0.6 is 22.9 Å². The fourth-order valence-electron chi connectivity index (χ4n) is 2.49. The molecule has 1 aliphatic rings. The number of halogens is 1. The summed E-state index contributed by atoms with van der Waals surface area (Å²) in [5.74, 6) is 0.196. The van der Waals surface area contributed by atoms with Crippen molar-refractivity contribution < 1.29 is 9.53 Å². The van der Waals surface area contributed by atoms with E-state index in [-0.39, 0.29) is 5.78 Å². The van der Waals surface area contributed by atoms with Crippen LogP contribution in [-0.4, -0.2) is 43.5 Å². The number of fused-ring (bicyclic) bond motifs is 1. The number of morpholine rings is 1. The molecular formula is C15H16ClNO2S. The molecule has 0 spiro atoms. The van der Waals surface area contributed by atoms with Gasteiger partial charge in [0.15, 0.2) is 5.78 Å². The summed E-state index contributed by atoms with van der Waals surface area (Å²) in [5.41, 5.74) is 1.05. The topological polar surface area (TPSA) is 29.5 Å². The van der Waals surface area contributed by atoms with Gasteiger partial charge in [-0.1, -0.05) is 11.6 Å². The number of carbonyl (C=O) groups is 1. The quantitative estimate of drug-likeness (QED) is 0.814. The van der Waals surface area contributed by atoms with Gasteiger partial charge in [0.05, 0.1) is 24.6 Å². The SMILES string of the molecule is Cc1c(C(=O)CN2CCOCC2)sc2ccc(Cl)cc12. The summed E-state index contributed by atoms with van der Waals surface area (Å²) in [6, 6.07) is 5.80. The van der Waals surface area contributed by atoms with Gasteiger partial charge in [-0.25, -0.2) is 0 Å². The van der Waals surface area contributed by atoms with E-state index in [0.717, 1.165) is 33.6 Å². The smallest absolute Gasteiger partial charge is 0.187 e. The molecule has 1 saturated heterocycles.